The Balaban J connectivity index is 1.81. The molecule has 6 N–H and O–H groups in total. The molecule has 1 spiro atoms. The number of benzene rings is 1. The van der Waals surface area contributed by atoms with E-state index in [0.29, 0.717) is 23.2 Å². The maximum atomic E-state index is 15.4. The van der Waals surface area contributed by atoms with Gasteiger partial charge in [0, 0.05) is 36.8 Å². The Morgan fingerprint density at radius 1 is 1.43 bits per heavy atom. The van der Waals surface area contributed by atoms with Crippen molar-refractivity contribution in [3.63, 3.8) is 0 Å². The van der Waals surface area contributed by atoms with Gasteiger partial charge in [-0.1, -0.05) is 0 Å². The van der Waals surface area contributed by atoms with Crippen molar-refractivity contribution in [2.45, 2.75) is 44.2 Å². The molecule has 0 radical (unpaired) electrons. The van der Waals surface area contributed by atoms with Crippen LogP contribution in [0.25, 0.3) is 10.9 Å². The summed E-state index contributed by atoms with van der Waals surface area (Å²) in [7, 11) is 0. The second-order valence-electron chi connectivity index (χ2n) is 8.53. The summed E-state index contributed by atoms with van der Waals surface area (Å²) in [5.74, 6) is -1.98. The molecule has 0 amide bonds. The van der Waals surface area contributed by atoms with E-state index in [1.54, 1.807) is 6.92 Å². The number of anilines is 1. The van der Waals surface area contributed by atoms with E-state index >= 15 is 4.39 Å². The van der Waals surface area contributed by atoms with Crippen LogP contribution in [0.2, 0.25) is 0 Å². The highest BCUT2D eigenvalue weighted by atomic mass is 19.1. The quantitative estimate of drug-likeness (QED) is 0.593. The van der Waals surface area contributed by atoms with Gasteiger partial charge in [-0.25, -0.2) is 9.18 Å². The summed E-state index contributed by atoms with van der Waals surface area (Å²) in [5, 5.41) is 12.7. The summed E-state index contributed by atoms with van der Waals surface area (Å²) in [6.45, 7) is 3.25. The maximum Gasteiger partial charge on any atom is 0.341 e. The van der Waals surface area contributed by atoms with Crippen molar-refractivity contribution < 1.29 is 14.3 Å². The monoisotopic (exact) mass is 386 g/mol. The molecule has 1 aromatic carbocycles. The summed E-state index contributed by atoms with van der Waals surface area (Å²) in [6, 6.07) is 0.0643. The number of nitrogen functional groups attached to an aromatic ring is 1. The van der Waals surface area contributed by atoms with E-state index in [2.05, 4.69) is 5.32 Å². The van der Waals surface area contributed by atoms with Gasteiger partial charge in [-0.3, -0.25) is 4.79 Å². The molecule has 1 aromatic heterocycles. The number of halogens is 1. The van der Waals surface area contributed by atoms with Gasteiger partial charge < -0.3 is 26.5 Å². The Hall–Kier alpha value is -2.45. The molecule has 0 bridgehead atoms. The normalized spacial score (nSPS) is 29.0. The van der Waals surface area contributed by atoms with Gasteiger partial charge in [-0.2, -0.15) is 0 Å². The average Bonchev–Trinajstić information content (AvgIpc) is 3.54. The molecule has 3 atom stereocenters. The number of nitrogens with two attached hydrogens (primary N) is 2. The van der Waals surface area contributed by atoms with E-state index in [4.69, 9.17) is 11.5 Å². The van der Waals surface area contributed by atoms with Gasteiger partial charge >= 0.3 is 5.97 Å². The lowest BCUT2D eigenvalue weighted by Crippen LogP contribution is -2.31. The van der Waals surface area contributed by atoms with E-state index < -0.39 is 17.2 Å². The number of carbonyl (C=O) groups is 1. The first kappa shape index (κ1) is 17.6. The van der Waals surface area contributed by atoms with Crippen molar-refractivity contribution in [2.75, 3.05) is 18.8 Å². The number of carboxylic acid groups (broad SMARTS) is 1. The number of hydrogen-bond donors (Lipinski definition) is 4. The van der Waals surface area contributed by atoms with E-state index in [1.165, 1.54) is 6.20 Å². The Morgan fingerprint density at radius 3 is 2.71 bits per heavy atom. The average molecular weight is 386 g/mol. The lowest BCUT2D eigenvalue weighted by Gasteiger charge is -2.21. The highest BCUT2D eigenvalue weighted by Gasteiger charge is 2.61. The van der Waals surface area contributed by atoms with E-state index in [0.717, 1.165) is 25.8 Å². The molecule has 2 saturated carbocycles. The molecule has 8 heteroatoms. The molecule has 3 aliphatic rings. The third kappa shape index (κ3) is 2.15. The molecule has 2 aliphatic carbocycles. The first-order valence-corrected chi connectivity index (χ1v) is 9.63. The zero-order chi connectivity index (χ0) is 20.0. The minimum Gasteiger partial charge on any atom is -0.477 e. The molecule has 1 saturated heterocycles. The molecule has 3 unspecified atom stereocenters. The fourth-order valence-electron chi connectivity index (χ4n) is 5.13. The number of carboxylic acids is 1. The largest absolute Gasteiger partial charge is 0.477 e. The molecule has 5 rings (SSSR count). The molecular formula is C20H23FN4O3. The number of aryl methyl sites for hydroxylation is 1. The molecule has 1 aliphatic heterocycles. The molecule has 2 aromatic rings. The van der Waals surface area contributed by atoms with Crippen LogP contribution >= 0.6 is 0 Å². The Bertz CT molecular complexity index is 1110. The standard InChI is InChI=1S/C20H23FN4O3/c1-8-13(11-4-20(11)7-24-5-12(20)22)15(21)16(23)14-17(8)25(9-2-3-9)6-10(18(14)26)19(27)28/h6,9,11-12,24H,2-5,7,22-23H2,1H3,(H,27,28). The third-order valence-corrected chi connectivity index (χ3v) is 6.93. The van der Waals surface area contributed by atoms with E-state index in [-0.39, 0.29) is 40.1 Å². The minimum absolute atomic E-state index is 0.0194. The van der Waals surface area contributed by atoms with Crippen molar-refractivity contribution in [3.05, 3.63) is 38.9 Å². The fraction of sp³-hybridized carbons (Fsp3) is 0.500. The van der Waals surface area contributed by atoms with Gasteiger partial charge in [0.15, 0.2) is 5.82 Å². The number of aromatic carboxylic acids is 1. The van der Waals surface area contributed by atoms with Crippen molar-refractivity contribution in [3.8, 4) is 0 Å². The Morgan fingerprint density at radius 2 is 2.14 bits per heavy atom. The van der Waals surface area contributed by atoms with Gasteiger partial charge in [0.2, 0.25) is 5.43 Å². The number of nitrogens with one attached hydrogen (secondary N) is 1. The topological polar surface area (TPSA) is 123 Å². The van der Waals surface area contributed by atoms with Crippen molar-refractivity contribution in [1.82, 2.24) is 9.88 Å². The number of pyridine rings is 1. The van der Waals surface area contributed by atoms with Crippen LogP contribution in [0.4, 0.5) is 10.1 Å². The van der Waals surface area contributed by atoms with Crippen LogP contribution in [0.3, 0.4) is 0 Å². The number of fused-ring (bicyclic) bond motifs is 1. The highest BCUT2D eigenvalue weighted by Crippen LogP contribution is 2.63. The molecule has 7 nitrogen and oxygen atoms in total. The molecular weight excluding hydrogens is 363 g/mol. The summed E-state index contributed by atoms with van der Waals surface area (Å²) in [5.41, 5.74) is 12.6. The van der Waals surface area contributed by atoms with E-state index in [9.17, 15) is 14.7 Å². The zero-order valence-electron chi connectivity index (χ0n) is 15.6. The Labute approximate surface area is 160 Å². The van der Waals surface area contributed by atoms with Crippen LogP contribution in [-0.2, 0) is 0 Å². The van der Waals surface area contributed by atoms with Crippen molar-refractivity contribution in [1.29, 1.82) is 0 Å². The summed E-state index contributed by atoms with van der Waals surface area (Å²) in [6.07, 6.45) is 3.96. The van der Waals surface area contributed by atoms with Crippen LogP contribution < -0.4 is 22.2 Å². The molecule has 28 heavy (non-hydrogen) atoms. The minimum atomic E-state index is -1.33. The summed E-state index contributed by atoms with van der Waals surface area (Å²) < 4.78 is 17.2. The van der Waals surface area contributed by atoms with Gasteiger partial charge in [0.25, 0.3) is 0 Å². The number of aromatic nitrogens is 1. The van der Waals surface area contributed by atoms with Crippen LogP contribution in [0, 0.1) is 18.2 Å². The smallest absolute Gasteiger partial charge is 0.341 e. The third-order valence-electron chi connectivity index (χ3n) is 6.93. The molecule has 148 valence electrons. The van der Waals surface area contributed by atoms with Gasteiger partial charge in [0.05, 0.1) is 16.6 Å². The van der Waals surface area contributed by atoms with Crippen LogP contribution in [0.1, 0.15) is 52.7 Å². The van der Waals surface area contributed by atoms with Crippen molar-refractivity contribution in [2.24, 2.45) is 11.1 Å². The number of rotatable bonds is 3. The second-order valence-corrected chi connectivity index (χ2v) is 8.53. The number of hydrogen-bond acceptors (Lipinski definition) is 5. The Kier molecular flexibility index (Phi) is 3.49. The molecule has 2 heterocycles. The maximum absolute atomic E-state index is 15.4. The van der Waals surface area contributed by atoms with Crippen LogP contribution in [0.15, 0.2) is 11.0 Å². The summed E-state index contributed by atoms with van der Waals surface area (Å²) in [4.78, 5) is 24.4. The van der Waals surface area contributed by atoms with Crippen LogP contribution in [-0.4, -0.2) is 34.8 Å². The van der Waals surface area contributed by atoms with Crippen molar-refractivity contribution >= 4 is 22.6 Å². The lowest BCUT2D eigenvalue weighted by atomic mass is 9.90. The molecule has 3 fully saturated rings. The second kappa shape index (κ2) is 5.55. The zero-order valence-corrected chi connectivity index (χ0v) is 15.6. The number of nitrogens with zero attached hydrogens (tertiary/aromatic N) is 1. The highest BCUT2D eigenvalue weighted by molar-refractivity contribution is 5.99. The predicted octanol–water partition coefficient (Wildman–Crippen LogP) is 1.47. The van der Waals surface area contributed by atoms with E-state index in [1.807, 2.05) is 4.57 Å². The van der Waals surface area contributed by atoms with Gasteiger partial charge in [-0.05, 0) is 43.2 Å². The fourth-order valence-corrected chi connectivity index (χ4v) is 5.13. The predicted molar refractivity (Wildman–Crippen MR) is 103 cm³/mol. The lowest BCUT2D eigenvalue weighted by molar-refractivity contribution is 0.0695. The summed E-state index contributed by atoms with van der Waals surface area (Å²) >= 11 is 0. The van der Waals surface area contributed by atoms with Crippen LogP contribution in [0.5, 0.6) is 0 Å². The first-order chi connectivity index (χ1) is 13.3. The SMILES string of the molecule is Cc1c(C2CC23CNCC3N)c(F)c(N)c2c(=O)c(C(=O)O)cn(C3CC3)c12. The van der Waals surface area contributed by atoms with Gasteiger partial charge in [0.1, 0.15) is 5.56 Å². The first-order valence-electron chi connectivity index (χ1n) is 9.63. The van der Waals surface area contributed by atoms with Gasteiger partial charge in [-0.15, -0.1) is 0 Å².